The van der Waals surface area contributed by atoms with Gasteiger partial charge in [-0.3, -0.25) is 0 Å². The molecule has 0 saturated carbocycles. The molecule has 0 aliphatic carbocycles. The van der Waals surface area contributed by atoms with Crippen molar-refractivity contribution in [2.75, 3.05) is 23.8 Å². The molecule has 1 aromatic rings. The first-order valence-electron chi connectivity index (χ1n) is 5.95. The first-order valence-corrected chi connectivity index (χ1v) is 9.25. The lowest BCUT2D eigenvalue weighted by molar-refractivity contribution is 0.532. The van der Waals surface area contributed by atoms with Crippen LogP contribution < -0.4 is 10.5 Å². The summed E-state index contributed by atoms with van der Waals surface area (Å²) in [7, 11) is -7.07. The van der Waals surface area contributed by atoms with Gasteiger partial charge in [-0.05, 0) is 30.5 Å². The second kappa shape index (κ2) is 5.30. The molecule has 0 amide bonds. The zero-order chi connectivity index (χ0) is 15.0. The third kappa shape index (κ3) is 3.47. The predicted octanol–water partition coefficient (Wildman–Crippen LogP) is 0.121. The normalized spacial score (nSPS) is 21.9. The molecule has 1 aliphatic rings. The summed E-state index contributed by atoms with van der Waals surface area (Å²) in [5.74, 6) is -1.18. The van der Waals surface area contributed by atoms with Crippen LogP contribution in [0.25, 0.3) is 0 Å². The molecule has 0 radical (unpaired) electrons. The average molecular weight is 322 g/mol. The Bertz CT molecular complexity index is 716. The number of sulfonamides is 1. The van der Waals surface area contributed by atoms with E-state index in [-0.39, 0.29) is 29.7 Å². The van der Waals surface area contributed by atoms with Crippen LogP contribution in [0.5, 0.6) is 0 Å². The molecular formula is C11H15FN2O4S2. The predicted molar refractivity (Wildman–Crippen MR) is 72.8 cm³/mol. The van der Waals surface area contributed by atoms with Gasteiger partial charge in [0.25, 0.3) is 0 Å². The summed E-state index contributed by atoms with van der Waals surface area (Å²) in [5, 5.41) is 0. The van der Waals surface area contributed by atoms with Crippen molar-refractivity contribution in [3.63, 3.8) is 0 Å². The number of hydrogen-bond donors (Lipinski definition) is 2. The lowest BCUT2D eigenvalue weighted by Crippen LogP contribution is -2.30. The smallest absolute Gasteiger partial charge is 0.243 e. The van der Waals surface area contributed by atoms with Crippen molar-refractivity contribution in [3.05, 3.63) is 24.0 Å². The molecule has 9 heteroatoms. The molecule has 1 heterocycles. The Morgan fingerprint density at radius 3 is 2.65 bits per heavy atom. The third-order valence-electron chi connectivity index (χ3n) is 3.13. The van der Waals surface area contributed by atoms with Crippen LogP contribution in [0.15, 0.2) is 23.1 Å². The molecule has 1 unspecified atom stereocenters. The van der Waals surface area contributed by atoms with Crippen LogP contribution in [0.4, 0.5) is 10.1 Å². The Labute approximate surface area is 117 Å². The van der Waals surface area contributed by atoms with Crippen LogP contribution in [0.1, 0.15) is 6.42 Å². The van der Waals surface area contributed by atoms with E-state index >= 15 is 0 Å². The van der Waals surface area contributed by atoms with Gasteiger partial charge >= 0.3 is 0 Å². The summed E-state index contributed by atoms with van der Waals surface area (Å²) in [6, 6.07) is 3.30. The Balaban J connectivity index is 2.08. The van der Waals surface area contributed by atoms with Gasteiger partial charge < -0.3 is 5.73 Å². The van der Waals surface area contributed by atoms with Crippen LogP contribution in [0.2, 0.25) is 0 Å². The van der Waals surface area contributed by atoms with E-state index in [1.165, 1.54) is 6.07 Å². The maximum Gasteiger partial charge on any atom is 0.243 e. The molecule has 112 valence electrons. The second-order valence-corrected chi connectivity index (χ2v) is 8.77. The molecule has 1 aromatic carbocycles. The van der Waals surface area contributed by atoms with E-state index in [9.17, 15) is 21.2 Å². The highest BCUT2D eigenvalue weighted by Crippen LogP contribution is 2.20. The summed E-state index contributed by atoms with van der Waals surface area (Å²) in [6.07, 6.45) is 0.412. The van der Waals surface area contributed by atoms with Crippen molar-refractivity contribution >= 4 is 25.5 Å². The lowest BCUT2D eigenvalue weighted by Gasteiger charge is -2.11. The number of sulfone groups is 1. The van der Waals surface area contributed by atoms with Crippen molar-refractivity contribution in [3.8, 4) is 0 Å². The number of halogens is 1. The number of nitrogens with one attached hydrogen (secondary N) is 1. The number of rotatable bonds is 4. The van der Waals surface area contributed by atoms with Gasteiger partial charge in [-0.25, -0.2) is 25.9 Å². The molecule has 1 saturated heterocycles. The fourth-order valence-electron chi connectivity index (χ4n) is 2.07. The van der Waals surface area contributed by atoms with E-state index in [2.05, 4.69) is 4.72 Å². The highest BCUT2D eigenvalue weighted by molar-refractivity contribution is 7.91. The molecule has 6 nitrogen and oxygen atoms in total. The van der Waals surface area contributed by atoms with E-state index in [0.29, 0.717) is 6.42 Å². The van der Waals surface area contributed by atoms with Crippen LogP contribution in [-0.4, -0.2) is 34.9 Å². The molecule has 2 rings (SSSR count). The molecule has 0 bridgehead atoms. The topological polar surface area (TPSA) is 106 Å². The molecule has 3 N–H and O–H groups in total. The Kier molecular flexibility index (Phi) is 4.03. The first-order chi connectivity index (χ1) is 9.20. The number of anilines is 1. The third-order valence-corrected chi connectivity index (χ3v) is 6.43. The Hall–Kier alpha value is -1.19. The fourth-order valence-corrected chi connectivity index (χ4v) is 5.11. The van der Waals surface area contributed by atoms with Gasteiger partial charge in [0, 0.05) is 12.2 Å². The number of nitrogen functional groups attached to an aromatic ring is 1. The van der Waals surface area contributed by atoms with Crippen molar-refractivity contribution in [2.45, 2.75) is 11.3 Å². The van der Waals surface area contributed by atoms with E-state index in [0.717, 1.165) is 12.1 Å². The maximum atomic E-state index is 13.6. The SMILES string of the molecule is Nc1ccc(S(=O)(=O)NCC2CCS(=O)(=O)C2)c(F)c1. The average Bonchev–Trinajstić information content (AvgIpc) is 2.66. The van der Waals surface area contributed by atoms with Gasteiger partial charge in [-0.15, -0.1) is 0 Å². The Morgan fingerprint density at radius 1 is 1.40 bits per heavy atom. The van der Waals surface area contributed by atoms with Crippen LogP contribution >= 0.6 is 0 Å². The molecule has 1 fully saturated rings. The van der Waals surface area contributed by atoms with Crippen LogP contribution in [-0.2, 0) is 19.9 Å². The van der Waals surface area contributed by atoms with Gasteiger partial charge in [0.05, 0.1) is 11.5 Å². The first kappa shape index (κ1) is 15.2. The zero-order valence-electron chi connectivity index (χ0n) is 10.5. The summed E-state index contributed by atoms with van der Waals surface area (Å²) in [6.45, 7) is -0.0224. The largest absolute Gasteiger partial charge is 0.399 e. The maximum absolute atomic E-state index is 13.6. The van der Waals surface area contributed by atoms with Gasteiger partial charge in [0.1, 0.15) is 10.7 Å². The molecule has 1 aliphatic heterocycles. The van der Waals surface area contributed by atoms with E-state index in [4.69, 9.17) is 5.73 Å². The molecule has 20 heavy (non-hydrogen) atoms. The van der Waals surface area contributed by atoms with Crippen molar-refractivity contribution in [1.82, 2.24) is 4.72 Å². The minimum Gasteiger partial charge on any atom is -0.399 e. The van der Waals surface area contributed by atoms with Gasteiger partial charge in [-0.1, -0.05) is 0 Å². The van der Waals surface area contributed by atoms with Crippen molar-refractivity contribution < 1.29 is 21.2 Å². The van der Waals surface area contributed by atoms with Gasteiger partial charge in [-0.2, -0.15) is 0 Å². The van der Waals surface area contributed by atoms with E-state index in [1.807, 2.05) is 0 Å². The van der Waals surface area contributed by atoms with E-state index in [1.54, 1.807) is 0 Å². The standard InChI is InChI=1S/C11H15FN2O4S2/c12-10-5-9(13)1-2-11(10)20(17,18)14-6-8-3-4-19(15,16)7-8/h1-2,5,8,14H,3-4,6-7,13H2. The molecule has 0 aromatic heterocycles. The number of nitrogens with two attached hydrogens (primary N) is 1. The lowest BCUT2D eigenvalue weighted by atomic mass is 10.1. The highest BCUT2D eigenvalue weighted by atomic mass is 32.2. The highest BCUT2D eigenvalue weighted by Gasteiger charge is 2.29. The summed E-state index contributed by atoms with van der Waals surface area (Å²) in [5.41, 5.74) is 5.48. The van der Waals surface area contributed by atoms with E-state index < -0.39 is 30.6 Å². The van der Waals surface area contributed by atoms with Crippen LogP contribution in [0, 0.1) is 11.7 Å². The summed E-state index contributed by atoms with van der Waals surface area (Å²) >= 11 is 0. The number of benzene rings is 1. The molecule has 1 atom stereocenters. The quantitative estimate of drug-likeness (QED) is 0.766. The van der Waals surface area contributed by atoms with Crippen molar-refractivity contribution in [1.29, 1.82) is 0 Å². The number of hydrogen-bond acceptors (Lipinski definition) is 5. The van der Waals surface area contributed by atoms with Crippen molar-refractivity contribution in [2.24, 2.45) is 5.92 Å². The van der Waals surface area contributed by atoms with Gasteiger partial charge in [0.2, 0.25) is 10.0 Å². The monoisotopic (exact) mass is 322 g/mol. The zero-order valence-corrected chi connectivity index (χ0v) is 12.2. The summed E-state index contributed by atoms with van der Waals surface area (Å²) in [4.78, 5) is -0.493. The molecular weight excluding hydrogens is 307 g/mol. The summed E-state index contributed by atoms with van der Waals surface area (Å²) < 4.78 is 62.3. The van der Waals surface area contributed by atoms with Gasteiger partial charge in [0.15, 0.2) is 9.84 Å². The Morgan fingerprint density at radius 2 is 2.10 bits per heavy atom. The minimum atomic E-state index is -4.01. The fraction of sp³-hybridized carbons (Fsp3) is 0.455. The minimum absolute atomic E-state index is 0.0224. The van der Waals surface area contributed by atoms with Crippen LogP contribution in [0.3, 0.4) is 0 Å². The molecule has 0 spiro atoms. The second-order valence-electron chi connectivity index (χ2n) is 4.81.